The summed E-state index contributed by atoms with van der Waals surface area (Å²) in [4.78, 5) is 14.3. The van der Waals surface area contributed by atoms with E-state index in [1.54, 1.807) is 11.8 Å². The molecule has 1 amide bonds. The van der Waals surface area contributed by atoms with Gasteiger partial charge in [0.05, 0.1) is 5.75 Å². The van der Waals surface area contributed by atoms with Gasteiger partial charge >= 0.3 is 0 Å². The number of carbonyl (C=O) groups is 1. The van der Waals surface area contributed by atoms with Crippen LogP contribution in [0.2, 0.25) is 0 Å². The Labute approximate surface area is 145 Å². The van der Waals surface area contributed by atoms with Crippen LogP contribution in [0.3, 0.4) is 0 Å². The number of amides is 1. The third kappa shape index (κ3) is 2.97. The maximum atomic E-state index is 12.3. The third-order valence-corrected chi connectivity index (χ3v) is 5.48. The van der Waals surface area contributed by atoms with Crippen molar-refractivity contribution in [1.82, 2.24) is 9.47 Å². The first kappa shape index (κ1) is 15.1. The second kappa shape index (κ2) is 6.57. The lowest BCUT2D eigenvalue weighted by molar-refractivity contribution is -0.128. The van der Waals surface area contributed by atoms with Crippen molar-refractivity contribution in [2.75, 3.05) is 5.75 Å². The van der Waals surface area contributed by atoms with Crippen LogP contribution in [0.15, 0.2) is 79.1 Å². The summed E-state index contributed by atoms with van der Waals surface area (Å²) < 4.78 is 2.11. The van der Waals surface area contributed by atoms with Gasteiger partial charge in [-0.15, -0.1) is 11.8 Å². The fourth-order valence-electron chi connectivity index (χ4n) is 3.00. The monoisotopic (exact) mass is 334 g/mol. The molecule has 0 spiro atoms. The van der Waals surface area contributed by atoms with Crippen molar-refractivity contribution >= 4 is 17.7 Å². The Hall–Kier alpha value is -2.46. The Morgan fingerprint density at radius 1 is 0.958 bits per heavy atom. The zero-order valence-corrected chi connectivity index (χ0v) is 14.0. The average molecular weight is 334 g/mol. The van der Waals surface area contributed by atoms with Crippen LogP contribution in [0.4, 0.5) is 0 Å². The van der Waals surface area contributed by atoms with Gasteiger partial charge in [0, 0.05) is 30.2 Å². The van der Waals surface area contributed by atoms with E-state index in [2.05, 4.69) is 47.3 Å². The summed E-state index contributed by atoms with van der Waals surface area (Å²) in [6.07, 6.45) is 4.19. The summed E-state index contributed by atoms with van der Waals surface area (Å²) in [7, 11) is 0. The van der Waals surface area contributed by atoms with Crippen LogP contribution in [-0.4, -0.2) is 21.1 Å². The molecule has 0 N–H and O–H groups in total. The summed E-state index contributed by atoms with van der Waals surface area (Å²) in [6.45, 7) is 0.661. The van der Waals surface area contributed by atoms with Gasteiger partial charge in [0.25, 0.3) is 0 Å². The summed E-state index contributed by atoms with van der Waals surface area (Å²) in [5.74, 6) is 0.759. The first-order chi connectivity index (χ1) is 11.8. The molecule has 0 unspecified atom stereocenters. The highest BCUT2D eigenvalue weighted by atomic mass is 32.2. The third-order valence-electron chi connectivity index (χ3n) is 4.22. The highest BCUT2D eigenvalue weighted by Crippen LogP contribution is 2.39. The molecule has 24 heavy (non-hydrogen) atoms. The van der Waals surface area contributed by atoms with Crippen LogP contribution in [0.25, 0.3) is 5.69 Å². The predicted molar refractivity (Wildman–Crippen MR) is 98.0 cm³/mol. The molecule has 0 saturated carbocycles. The van der Waals surface area contributed by atoms with Gasteiger partial charge in [-0.3, -0.25) is 4.79 Å². The van der Waals surface area contributed by atoms with E-state index >= 15 is 0 Å². The van der Waals surface area contributed by atoms with Gasteiger partial charge in [0.15, 0.2) is 0 Å². The Bertz CT molecular complexity index is 829. The van der Waals surface area contributed by atoms with Crippen LogP contribution in [-0.2, 0) is 11.3 Å². The molecule has 0 radical (unpaired) electrons. The molecule has 1 aliphatic rings. The van der Waals surface area contributed by atoms with Crippen molar-refractivity contribution in [3.63, 3.8) is 0 Å². The van der Waals surface area contributed by atoms with E-state index in [1.165, 1.54) is 11.1 Å². The molecule has 1 aliphatic heterocycles. The minimum absolute atomic E-state index is 0.0858. The second-order valence-corrected chi connectivity index (χ2v) is 6.93. The van der Waals surface area contributed by atoms with Crippen LogP contribution in [0.5, 0.6) is 0 Å². The van der Waals surface area contributed by atoms with E-state index in [1.807, 2.05) is 41.3 Å². The van der Waals surface area contributed by atoms with Gasteiger partial charge in [0.2, 0.25) is 5.91 Å². The number of hydrogen-bond acceptors (Lipinski definition) is 2. The highest BCUT2D eigenvalue weighted by molar-refractivity contribution is 8.00. The Morgan fingerprint density at radius 2 is 1.67 bits per heavy atom. The SMILES string of the molecule is O=C1CS[C@H](c2ccn(-c3ccccc3)c2)N1Cc1ccccc1. The summed E-state index contributed by atoms with van der Waals surface area (Å²) in [6, 6.07) is 22.5. The van der Waals surface area contributed by atoms with Gasteiger partial charge in [-0.25, -0.2) is 0 Å². The molecule has 1 saturated heterocycles. The molecule has 1 atom stereocenters. The molecule has 1 aromatic heterocycles. The van der Waals surface area contributed by atoms with Crippen LogP contribution in [0.1, 0.15) is 16.5 Å². The maximum Gasteiger partial charge on any atom is 0.234 e. The molecular weight excluding hydrogens is 316 g/mol. The fraction of sp³-hybridized carbons (Fsp3) is 0.150. The topological polar surface area (TPSA) is 25.2 Å². The van der Waals surface area contributed by atoms with Gasteiger partial charge < -0.3 is 9.47 Å². The lowest BCUT2D eigenvalue weighted by Crippen LogP contribution is -2.27. The fourth-order valence-corrected chi connectivity index (χ4v) is 4.17. The largest absolute Gasteiger partial charge is 0.323 e. The standard InChI is InChI=1S/C20H18N2OS/c23-19-15-24-20(22(19)13-16-7-3-1-4-8-16)17-11-12-21(14-17)18-9-5-2-6-10-18/h1-12,14,20H,13,15H2/t20-/m1/s1. The molecule has 2 aromatic carbocycles. The number of nitrogens with zero attached hydrogens (tertiary/aromatic N) is 2. The minimum atomic E-state index is 0.0858. The highest BCUT2D eigenvalue weighted by Gasteiger charge is 2.33. The molecule has 2 heterocycles. The van der Waals surface area contributed by atoms with E-state index in [9.17, 15) is 4.79 Å². The summed E-state index contributed by atoms with van der Waals surface area (Å²) in [5.41, 5.74) is 3.47. The number of rotatable bonds is 4. The maximum absolute atomic E-state index is 12.3. The molecule has 1 fully saturated rings. The predicted octanol–water partition coefficient (Wildman–Crippen LogP) is 4.25. The van der Waals surface area contributed by atoms with Gasteiger partial charge in [-0.05, 0) is 23.8 Å². The van der Waals surface area contributed by atoms with Crippen LogP contribution in [0, 0.1) is 0 Å². The van der Waals surface area contributed by atoms with E-state index < -0.39 is 0 Å². The quantitative estimate of drug-likeness (QED) is 0.712. The van der Waals surface area contributed by atoms with Crippen LogP contribution < -0.4 is 0 Å². The number of benzene rings is 2. The summed E-state index contributed by atoms with van der Waals surface area (Å²) >= 11 is 1.70. The van der Waals surface area contributed by atoms with Crippen LogP contribution >= 0.6 is 11.8 Å². The molecule has 3 nitrogen and oxygen atoms in total. The van der Waals surface area contributed by atoms with Crippen molar-refractivity contribution in [3.8, 4) is 5.69 Å². The normalized spacial score (nSPS) is 17.4. The van der Waals surface area contributed by atoms with E-state index in [-0.39, 0.29) is 11.3 Å². The number of carbonyl (C=O) groups excluding carboxylic acids is 1. The van der Waals surface area contributed by atoms with Crippen molar-refractivity contribution in [2.45, 2.75) is 11.9 Å². The minimum Gasteiger partial charge on any atom is -0.323 e. The molecule has 4 heteroatoms. The van der Waals surface area contributed by atoms with E-state index in [0.29, 0.717) is 12.3 Å². The molecule has 0 bridgehead atoms. The van der Waals surface area contributed by atoms with Gasteiger partial charge in [-0.1, -0.05) is 48.5 Å². The molecular formula is C20H18N2OS. The lowest BCUT2D eigenvalue weighted by Gasteiger charge is -2.23. The van der Waals surface area contributed by atoms with Crippen molar-refractivity contribution in [2.24, 2.45) is 0 Å². The number of hydrogen-bond donors (Lipinski definition) is 0. The first-order valence-corrected chi connectivity index (χ1v) is 9.04. The first-order valence-electron chi connectivity index (χ1n) is 7.99. The molecule has 4 rings (SSSR count). The summed E-state index contributed by atoms with van der Waals surface area (Å²) in [5, 5.41) is 0.0858. The van der Waals surface area contributed by atoms with E-state index in [0.717, 1.165) is 5.69 Å². The lowest BCUT2D eigenvalue weighted by atomic mass is 10.2. The molecule has 0 aliphatic carbocycles. The van der Waals surface area contributed by atoms with Gasteiger partial charge in [-0.2, -0.15) is 0 Å². The molecule has 120 valence electrons. The Morgan fingerprint density at radius 3 is 2.42 bits per heavy atom. The number of aromatic nitrogens is 1. The van der Waals surface area contributed by atoms with Crippen molar-refractivity contribution in [1.29, 1.82) is 0 Å². The zero-order valence-electron chi connectivity index (χ0n) is 13.2. The number of para-hydroxylation sites is 1. The average Bonchev–Trinajstić information content (AvgIpc) is 3.25. The van der Waals surface area contributed by atoms with Crippen molar-refractivity contribution in [3.05, 3.63) is 90.3 Å². The smallest absolute Gasteiger partial charge is 0.234 e. The second-order valence-electron chi connectivity index (χ2n) is 5.86. The Kier molecular flexibility index (Phi) is 4.13. The number of thioether (sulfide) groups is 1. The Balaban J connectivity index is 1.59. The zero-order chi connectivity index (χ0) is 16.4. The molecule has 3 aromatic rings. The van der Waals surface area contributed by atoms with Crippen molar-refractivity contribution < 1.29 is 4.79 Å². The van der Waals surface area contributed by atoms with Gasteiger partial charge in [0.1, 0.15) is 5.37 Å². The van der Waals surface area contributed by atoms with E-state index in [4.69, 9.17) is 0 Å².